The Morgan fingerprint density at radius 2 is 1.84 bits per heavy atom. The number of hydrogen-bond donors (Lipinski definition) is 3. The van der Waals surface area contributed by atoms with Gasteiger partial charge >= 0.3 is 6.18 Å². The van der Waals surface area contributed by atoms with E-state index in [0.717, 1.165) is 43.3 Å². The second-order valence-corrected chi connectivity index (χ2v) is 8.18. The van der Waals surface area contributed by atoms with Gasteiger partial charge in [-0.15, -0.1) is 0 Å². The second kappa shape index (κ2) is 8.91. The van der Waals surface area contributed by atoms with Crippen molar-refractivity contribution in [2.24, 2.45) is 5.92 Å². The number of rotatable bonds is 5. The van der Waals surface area contributed by atoms with Crippen molar-refractivity contribution in [2.45, 2.75) is 44.5 Å². The molecule has 1 aliphatic carbocycles. The molecule has 2 aromatic carbocycles. The zero-order valence-corrected chi connectivity index (χ0v) is 17.3. The molecule has 0 aliphatic heterocycles. The Balaban J connectivity index is 1.69. The molecule has 170 valence electrons. The quantitative estimate of drug-likeness (QED) is 0.537. The predicted molar refractivity (Wildman–Crippen MR) is 113 cm³/mol. The number of hydrogen-bond acceptors (Lipinski definition) is 4. The third-order valence-electron chi connectivity index (χ3n) is 6.05. The first-order valence-electron chi connectivity index (χ1n) is 10.5. The topological polar surface area (TPSA) is 87.4 Å². The Bertz CT molecular complexity index is 1120. The van der Waals surface area contributed by atoms with Gasteiger partial charge in [-0.2, -0.15) is 13.2 Å². The minimum Gasteiger partial charge on any atom is -0.396 e. The van der Waals surface area contributed by atoms with Crippen LogP contribution in [0.1, 0.15) is 53.2 Å². The van der Waals surface area contributed by atoms with Gasteiger partial charge in [-0.25, -0.2) is 4.98 Å². The normalized spacial score (nSPS) is 19.3. The van der Waals surface area contributed by atoms with Gasteiger partial charge in [0.05, 0.1) is 23.2 Å². The Kier molecular flexibility index (Phi) is 6.21. The molecule has 0 unspecified atom stereocenters. The summed E-state index contributed by atoms with van der Waals surface area (Å²) < 4.78 is 41.1. The Labute approximate surface area is 182 Å². The van der Waals surface area contributed by atoms with Gasteiger partial charge in [-0.3, -0.25) is 10.1 Å². The molecule has 6 nitrogen and oxygen atoms in total. The van der Waals surface area contributed by atoms with Crippen molar-refractivity contribution >= 4 is 22.9 Å². The fourth-order valence-corrected chi connectivity index (χ4v) is 4.30. The third-order valence-corrected chi connectivity index (χ3v) is 6.05. The molecule has 1 aromatic heterocycles. The number of aliphatic hydroxyl groups is 2. The lowest BCUT2D eigenvalue weighted by Crippen LogP contribution is -2.23. The van der Waals surface area contributed by atoms with Gasteiger partial charge in [-0.1, -0.05) is 12.1 Å². The summed E-state index contributed by atoms with van der Waals surface area (Å²) in [4.78, 5) is 17.3. The Morgan fingerprint density at radius 3 is 2.50 bits per heavy atom. The molecule has 0 atom stereocenters. The number of carbonyl (C=O) groups excluding carboxylic acids is 1. The maximum Gasteiger partial charge on any atom is 0.416 e. The van der Waals surface area contributed by atoms with Gasteiger partial charge in [0.2, 0.25) is 5.95 Å². The van der Waals surface area contributed by atoms with Crippen molar-refractivity contribution < 1.29 is 28.2 Å². The van der Waals surface area contributed by atoms with Crippen molar-refractivity contribution in [3.63, 3.8) is 0 Å². The molecule has 9 heteroatoms. The number of anilines is 1. The van der Waals surface area contributed by atoms with Gasteiger partial charge in [0.15, 0.2) is 0 Å². The van der Waals surface area contributed by atoms with Gasteiger partial charge in [0.1, 0.15) is 0 Å². The summed E-state index contributed by atoms with van der Waals surface area (Å²) in [6, 6.07) is 9.62. The van der Waals surface area contributed by atoms with Crippen LogP contribution in [0.15, 0.2) is 42.5 Å². The van der Waals surface area contributed by atoms with Crippen molar-refractivity contribution in [1.82, 2.24) is 9.55 Å². The van der Waals surface area contributed by atoms with E-state index in [1.165, 1.54) is 12.1 Å². The van der Waals surface area contributed by atoms with Crippen LogP contribution in [0.5, 0.6) is 0 Å². The molecule has 32 heavy (non-hydrogen) atoms. The smallest absolute Gasteiger partial charge is 0.396 e. The molecule has 3 aromatic rings. The average Bonchev–Trinajstić information content (AvgIpc) is 3.15. The Morgan fingerprint density at radius 1 is 1.09 bits per heavy atom. The molecular weight excluding hydrogens is 423 g/mol. The lowest BCUT2D eigenvalue weighted by molar-refractivity contribution is -0.137. The van der Waals surface area contributed by atoms with Crippen LogP contribution < -0.4 is 5.32 Å². The fraction of sp³-hybridized carbons (Fsp3) is 0.391. The standard InChI is InChI=1S/C23H24F3N3O3/c24-23(25,26)17-3-1-2-16(11-17)21(32)28-22-27-19-10-15(13-31)6-9-20(19)29(22)18-7-4-14(12-30)5-8-18/h1-3,6,9-11,14,18,30-31H,4-5,7-8,12-13H2,(H,27,28,32)/t14-,18+. The number of carbonyl (C=O) groups is 1. The number of alkyl halides is 3. The molecule has 0 spiro atoms. The molecule has 1 saturated carbocycles. The van der Waals surface area contributed by atoms with E-state index in [2.05, 4.69) is 10.3 Å². The third kappa shape index (κ3) is 4.49. The molecule has 1 fully saturated rings. The van der Waals surface area contributed by atoms with Crippen LogP contribution in [0.3, 0.4) is 0 Å². The van der Waals surface area contributed by atoms with Crippen molar-refractivity contribution in [1.29, 1.82) is 0 Å². The van der Waals surface area contributed by atoms with E-state index < -0.39 is 17.6 Å². The number of benzene rings is 2. The molecule has 1 amide bonds. The molecule has 0 radical (unpaired) electrons. The molecule has 1 aliphatic rings. The second-order valence-electron chi connectivity index (χ2n) is 8.18. The summed E-state index contributed by atoms with van der Waals surface area (Å²) in [5, 5.41) is 21.6. The number of aromatic nitrogens is 2. The summed E-state index contributed by atoms with van der Waals surface area (Å²) >= 11 is 0. The van der Waals surface area contributed by atoms with Gasteiger partial charge < -0.3 is 14.8 Å². The maximum absolute atomic E-state index is 13.1. The lowest BCUT2D eigenvalue weighted by atomic mass is 9.86. The van der Waals surface area contributed by atoms with E-state index in [1.807, 2.05) is 10.6 Å². The van der Waals surface area contributed by atoms with Crippen molar-refractivity contribution in [3.05, 3.63) is 59.2 Å². The van der Waals surface area contributed by atoms with Crippen LogP contribution in [0, 0.1) is 5.92 Å². The lowest BCUT2D eigenvalue weighted by Gasteiger charge is -2.29. The van der Waals surface area contributed by atoms with Crippen LogP contribution in [0.2, 0.25) is 0 Å². The van der Waals surface area contributed by atoms with Gasteiger partial charge in [0, 0.05) is 18.2 Å². The molecule has 0 saturated heterocycles. The first-order valence-corrected chi connectivity index (χ1v) is 10.5. The highest BCUT2D eigenvalue weighted by Gasteiger charge is 2.31. The maximum atomic E-state index is 13.1. The summed E-state index contributed by atoms with van der Waals surface area (Å²) in [5.74, 6) is -0.186. The van der Waals surface area contributed by atoms with Crippen molar-refractivity contribution in [2.75, 3.05) is 11.9 Å². The summed E-state index contributed by atoms with van der Waals surface area (Å²) in [7, 11) is 0. The number of imidazole rings is 1. The fourth-order valence-electron chi connectivity index (χ4n) is 4.30. The van der Waals surface area contributed by atoms with Crippen molar-refractivity contribution in [3.8, 4) is 0 Å². The van der Waals surface area contributed by atoms with Crippen LogP contribution in [-0.4, -0.2) is 32.3 Å². The summed E-state index contributed by atoms with van der Waals surface area (Å²) in [6.45, 7) is -0.0211. The molecule has 0 bridgehead atoms. The zero-order valence-electron chi connectivity index (χ0n) is 17.3. The van der Waals surface area contributed by atoms with E-state index >= 15 is 0 Å². The predicted octanol–water partition coefficient (Wildman–Crippen LogP) is 4.52. The van der Waals surface area contributed by atoms with Crippen LogP contribution in [0.25, 0.3) is 11.0 Å². The molecule has 4 rings (SSSR count). The molecule has 3 N–H and O–H groups in total. The Hall–Kier alpha value is -2.91. The average molecular weight is 447 g/mol. The number of halogens is 3. The summed E-state index contributed by atoms with van der Waals surface area (Å²) in [6.07, 6.45) is -1.32. The largest absolute Gasteiger partial charge is 0.416 e. The van der Waals surface area contributed by atoms with Crippen LogP contribution >= 0.6 is 0 Å². The molecule has 1 heterocycles. The van der Waals surface area contributed by atoms with E-state index in [4.69, 9.17) is 0 Å². The van der Waals surface area contributed by atoms with E-state index in [1.54, 1.807) is 12.1 Å². The van der Waals surface area contributed by atoms with Crippen LogP contribution in [-0.2, 0) is 12.8 Å². The number of nitrogens with zero attached hydrogens (tertiary/aromatic N) is 2. The first-order chi connectivity index (χ1) is 15.3. The minimum atomic E-state index is -4.55. The SMILES string of the molecule is O=C(Nc1nc2cc(CO)ccc2n1[C@H]1CC[C@@H](CO)CC1)c1cccc(C(F)(F)F)c1. The van der Waals surface area contributed by atoms with Crippen LogP contribution in [0.4, 0.5) is 19.1 Å². The van der Waals surface area contributed by atoms with Gasteiger partial charge in [0.25, 0.3) is 5.91 Å². The molecular formula is C23H24F3N3O3. The van der Waals surface area contributed by atoms with E-state index in [-0.39, 0.29) is 36.7 Å². The highest BCUT2D eigenvalue weighted by Crippen LogP contribution is 2.37. The number of aliphatic hydroxyl groups excluding tert-OH is 2. The van der Waals surface area contributed by atoms with E-state index in [9.17, 15) is 28.2 Å². The van der Waals surface area contributed by atoms with Gasteiger partial charge in [-0.05, 0) is 67.5 Å². The number of nitrogens with one attached hydrogen (secondary N) is 1. The highest BCUT2D eigenvalue weighted by atomic mass is 19.4. The zero-order chi connectivity index (χ0) is 22.9. The number of fused-ring (bicyclic) bond motifs is 1. The first kappa shape index (κ1) is 22.3. The highest BCUT2D eigenvalue weighted by molar-refractivity contribution is 6.04. The number of amides is 1. The summed E-state index contributed by atoms with van der Waals surface area (Å²) in [5.41, 5.74) is 1.02. The van der Waals surface area contributed by atoms with E-state index in [0.29, 0.717) is 11.1 Å². The monoisotopic (exact) mass is 447 g/mol. The minimum absolute atomic E-state index is 0.0274.